The molecule has 2 aromatic heterocycles. The van der Waals surface area contributed by atoms with Crippen molar-refractivity contribution in [3.05, 3.63) is 152 Å². The van der Waals surface area contributed by atoms with Gasteiger partial charge in [-0.05, 0) is 58.5 Å². The molecule has 0 saturated carbocycles. The quantitative estimate of drug-likeness (QED) is 0.179. The van der Waals surface area contributed by atoms with Crippen LogP contribution < -0.4 is 15.7 Å². The lowest BCUT2D eigenvalue weighted by atomic mass is 9.43. The van der Waals surface area contributed by atoms with Crippen molar-refractivity contribution in [2.45, 2.75) is 0 Å². The average molecular weight is 584 g/mol. The molecule has 0 spiro atoms. The Morgan fingerprint density at radius 3 is 1.96 bits per heavy atom. The molecule has 0 amide bonds. The summed E-state index contributed by atoms with van der Waals surface area (Å²) >= 11 is 0. The summed E-state index contributed by atoms with van der Waals surface area (Å²) in [5, 5.41) is 4.77. The number of benzene rings is 7. The van der Waals surface area contributed by atoms with Crippen LogP contribution in [0.4, 0.5) is 11.4 Å². The van der Waals surface area contributed by atoms with Gasteiger partial charge in [0.15, 0.2) is 0 Å². The van der Waals surface area contributed by atoms with Crippen LogP contribution in [-0.2, 0) is 0 Å². The highest BCUT2D eigenvalue weighted by Gasteiger charge is 2.43. The van der Waals surface area contributed by atoms with E-state index in [-0.39, 0.29) is 6.85 Å². The number of rotatable bonds is 1. The van der Waals surface area contributed by atoms with E-state index in [1.165, 1.54) is 60.8 Å². The van der Waals surface area contributed by atoms with Gasteiger partial charge in [-0.1, -0.05) is 109 Å². The SMILES string of the molecule is c1ccc(-n2c3cc4oc5ccccc5c4cc3c3c4c(ccc32)-c2ccccc2B2c3ccccc3-c3ccccc3N24)cc1. The van der Waals surface area contributed by atoms with Crippen molar-refractivity contribution in [1.29, 1.82) is 0 Å². The highest BCUT2D eigenvalue weighted by molar-refractivity contribution is 6.92. The highest BCUT2D eigenvalue weighted by atomic mass is 16.3. The second-order valence-corrected chi connectivity index (χ2v) is 12.5. The molecule has 0 radical (unpaired) electrons. The second kappa shape index (κ2) is 8.80. The van der Waals surface area contributed by atoms with Crippen molar-refractivity contribution in [2.24, 2.45) is 0 Å². The lowest BCUT2D eigenvalue weighted by Crippen LogP contribution is -2.59. The first-order chi connectivity index (χ1) is 22.8. The Hall–Kier alpha value is -6.00. The molecule has 0 fully saturated rings. The Labute approximate surface area is 265 Å². The van der Waals surface area contributed by atoms with Crippen molar-refractivity contribution in [3.63, 3.8) is 0 Å². The van der Waals surface area contributed by atoms with E-state index in [1.807, 2.05) is 6.07 Å². The topological polar surface area (TPSA) is 21.3 Å². The molecule has 3 nitrogen and oxygen atoms in total. The summed E-state index contributed by atoms with van der Waals surface area (Å²) in [5.74, 6) is 0. The number of hydrogen-bond donors (Lipinski definition) is 0. The van der Waals surface area contributed by atoms with Crippen molar-refractivity contribution in [1.82, 2.24) is 4.57 Å². The van der Waals surface area contributed by atoms with Gasteiger partial charge in [0.2, 0.25) is 0 Å². The van der Waals surface area contributed by atoms with Crippen molar-refractivity contribution in [3.8, 4) is 27.9 Å². The predicted molar refractivity (Wildman–Crippen MR) is 193 cm³/mol. The fourth-order valence-electron chi connectivity index (χ4n) is 8.34. The summed E-state index contributed by atoms with van der Waals surface area (Å²) < 4.78 is 8.87. The minimum Gasteiger partial charge on any atom is -0.456 e. The van der Waals surface area contributed by atoms with Gasteiger partial charge in [0.25, 0.3) is 0 Å². The Morgan fingerprint density at radius 1 is 0.457 bits per heavy atom. The van der Waals surface area contributed by atoms with E-state index in [2.05, 4.69) is 155 Å². The third kappa shape index (κ3) is 3.03. The molecule has 0 saturated heterocycles. The van der Waals surface area contributed by atoms with Crippen LogP contribution in [0.3, 0.4) is 0 Å². The van der Waals surface area contributed by atoms with Crippen LogP contribution >= 0.6 is 0 Å². The summed E-state index contributed by atoms with van der Waals surface area (Å²) in [7, 11) is 0. The summed E-state index contributed by atoms with van der Waals surface area (Å²) in [6.45, 7) is 0.0500. The number of furan rings is 1. The van der Waals surface area contributed by atoms with Crippen molar-refractivity contribution in [2.75, 3.05) is 4.81 Å². The Morgan fingerprint density at radius 2 is 1.13 bits per heavy atom. The van der Waals surface area contributed by atoms with Crippen LogP contribution in [0.2, 0.25) is 0 Å². The van der Waals surface area contributed by atoms with Gasteiger partial charge in [-0.3, -0.25) is 0 Å². The number of anilines is 2. The summed E-state index contributed by atoms with van der Waals surface area (Å²) in [6, 6.07) is 55.2. The molecule has 0 atom stereocenters. The van der Waals surface area contributed by atoms with Crippen LogP contribution in [0, 0.1) is 0 Å². The normalized spacial score (nSPS) is 13.1. The van der Waals surface area contributed by atoms with Crippen LogP contribution in [0.5, 0.6) is 0 Å². The first-order valence-corrected chi connectivity index (χ1v) is 15.9. The zero-order chi connectivity index (χ0) is 29.9. The standard InChI is InChI=1S/C42H25BN2O/c1-2-12-26(13-3-1)44-37-23-22-31-28-15-5-9-19-35(28)43-34-18-8-4-14-27(34)29-16-6-10-20-36(29)45(43)42(31)41(37)33-24-32-30-17-7-11-21-39(30)46-40(32)25-38(33)44/h1-25H. The van der Waals surface area contributed by atoms with Gasteiger partial charge >= 0.3 is 6.85 Å². The average Bonchev–Trinajstić information content (AvgIpc) is 3.65. The third-order valence-electron chi connectivity index (χ3n) is 10.2. The van der Waals surface area contributed by atoms with Crippen molar-refractivity contribution < 1.29 is 4.42 Å². The molecule has 46 heavy (non-hydrogen) atoms. The Bertz CT molecular complexity index is 2720. The van der Waals surface area contributed by atoms with Gasteiger partial charge in [0.1, 0.15) is 11.2 Å². The fourth-order valence-corrected chi connectivity index (χ4v) is 8.34. The van der Waals surface area contributed by atoms with E-state index in [1.54, 1.807) is 0 Å². The molecule has 0 aliphatic carbocycles. The number of fused-ring (bicyclic) bond motifs is 18. The fraction of sp³-hybridized carbons (Fsp3) is 0. The number of aromatic nitrogens is 1. The molecule has 11 rings (SSSR count). The lowest BCUT2D eigenvalue weighted by Gasteiger charge is -2.43. The minimum atomic E-state index is 0.0500. The molecule has 2 aliphatic rings. The lowest BCUT2D eigenvalue weighted by molar-refractivity contribution is 0.669. The zero-order valence-corrected chi connectivity index (χ0v) is 24.8. The van der Waals surface area contributed by atoms with Gasteiger partial charge in [0.05, 0.1) is 11.0 Å². The molecule has 212 valence electrons. The number of nitrogens with zero attached hydrogens (tertiary/aromatic N) is 2. The zero-order valence-electron chi connectivity index (χ0n) is 24.8. The molecule has 2 aliphatic heterocycles. The highest BCUT2D eigenvalue weighted by Crippen LogP contribution is 2.51. The Kier molecular flexibility index (Phi) is 4.66. The predicted octanol–water partition coefficient (Wildman–Crippen LogP) is 9.59. The van der Waals surface area contributed by atoms with E-state index < -0.39 is 0 Å². The minimum absolute atomic E-state index is 0.0500. The van der Waals surface area contributed by atoms with Gasteiger partial charge in [-0.2, -0.15) is 0 Å². The van der Waals surface area contributed by atoms with Gasteiger partial charge in [-0.25, -0.2) is 0 Å². The van der Waals surface area contributed by atoms with Crippen LogP contribution in [-0.4, -0.2) is 11.4 Å². The number of hydrogen-bond acceptors (Lipinski definition) is 2. The maximum Gasteiger partial charge on any atom is 0.329 e. The third-order valence-corrected chi connectivity index (χ3v) is 10.2. The second-order valence-electron chi connectivity index (χ2n) is 12.5. The van der Waals surface area contributed by atoms with Crippen LogP contribution in [0.15, 0.2) is 156 Å². The summed E-state index contributed by atoms with van der Waals surface area (Å²) in [6.07, 6.45) is 0. The Balaban J connectivity index is 1.36. The molecule has 7 aromatic carbocycles. The maximum atomic E-state index is 6.45. The van der Waals surface area contributed by atoms with Crippen LogP contribution in [0.25, 0.3) is 71.7 Å². The van der Waals surface area contributed by atoms with E-state index in [4.69, 9.17) is 4.42 Å². The van der Waals surface area contributed by atoms with Gasteiger partial charge < -0.3 is 13.8 Å². The van der Waals surface area contributed by atoms with Crippen LogP contribution in [0.1, 0.15) is 0 Å². The molecule has 9 aromatic rings. The van der Waals surface area contributed by atoms with Gasteiger partial charge in [-0.15, -0.1) is 0 Å². The summed E-state index contributed by atoms with van der Waals surface area (Å²) in [5.41, 5.74) is 15.6. The first-order valence-electron chi connectivity index (χ1n) is 15.9. The molecule has 0 unspecified atom stereocenters. The van der Waals surface area contributed by atoms with E-state index >= 15 is 0 Å². The van der Waals surface area contributed by atoms with Gasteiger partial charge in [0, 0.05) is 55.8 Å². The maximum absolute atomic E-state index is 6.45. The molecule has 4 heterocycles. The van der Waals surface area contributed by atoms with E-state index in [9.17, 15) is 0 Å². The largest absolute Gasteiger partial charge is 0.456 e. The van der Waals surface area contributed by atoms with E-state index in [0.717, 1.165) is 33.1 Å². The first kappa shape index (κ1) is 24.3. The molecule has 0 bridgehead atoms. The van der Waals surface area contributed by atoms with E-state index in [0.29, 0.717) is 0 Å². The number of para-hydroxylation sites is 3. The van der Waals surface area contributed by atoms with Crippen molar-refractivity contribution >= 4 is 72.9 Å². The molecular weight excluding hydrogens is 559 g/mol. The molecule has 4 heteroatoms. The smallest absolute Gasteiger partial charge is 0.329 e. The summed E-state index contributed by atoms with van der Waals surface area (Å²) in [4.78, 5) is 2.63. The molecule has 0 N–H and O–H groups in total. The monoisotopic (exact) mass is 584 g/mol. The molecular formula is C42H25BN2O.